The molecule has 0 saturated heterocycles. The molecule has 0 spiro atoms. The molecule has 1 heterocycles. The highest BCUT2D eigenvalue weighted by Gasteiger charge is 2.27. The number of halogens is 1. The maximum atomic E-state index is 4.61. The average molecular weight is 322 g/mol. The summed E-state index contributed by atoms with van der Waals surface area (Å²) in [5.74, 6) is 2.55. The van der Waals surface area contributed by atoms with Gasteiger partial charge < -0.3 is 5.32 Å². The Labute approximate surface area is 123 Å². The fourth-order valence-electron chi connectivity index (χ4n) is 2.53. The molecule has 3 rings (SSSR count). The van der Waals surface area contributed by atoms with Crippen molar-refractivity contribution in [2.24, 2.45) is 0 Å². The van der Waals surface area contributed by atoms with Crippen LogP contribution in [0.5, 0.6) is 0 Å². The topological polar surface area (TPSA) is 37.8 Å². The molecule has 1 aromatic heterocycles. The number of anilines is 1. The van der Waals surface area contributed by atoms with E-state index in [9.17, 15) is 0 Å². The molecule has 3 nitrogen and oxygen atoms in total. The Balaban J connectivity index is 1.55. The zero-order valence-corrected chi connectivity index (χ0v) is 12.7. The van der Waals surface area contributed by atoms with Gasteiger partial charge in [0, 0.05) is 18.5 Å². The van der Waals surface area contributed by atoms with Gasteiger partial charge in [-0.1, -0.05) is 11.6 Å². The van der Waals surface area contributed by atoms with Crippen molar-refractivity contribution in [3.63, 3.8) is 0 Å². The van der Waals surface area contributed by atoms with E-state index in [0.29, 0.717) is 5.92 Å². The smallest absolute Gasteiger partial charge is 0.135 e. The van der Waals surface area contributed by atoms with Crippen LogP contribution in [0.3, 0.4) is 0 Å². The van der Waals surface area contributed by atoms with E-state index < -0.39 is 0 Å². The summed E-state index contributed by atoms with van der Waals surface area (Å²) in [6.45, 7) is 0.972. The second kappa shape index (κ2) is 6.04. The molecule has 0 atom stereocenters. The lowest BCUT2D eigenvalue weighted by Crippen LogP contribution is -2.07. The van der Waals surface area contributed by atoms with Gasteiger partial charge in [-0.2, -0.15) is 0 Å². The lowest BCUT2D eigenvalue weighted by Gasteiger charge is -2.13. The first-order valence-corrected chi connectivity index (χ1v) is 8.07. The maximum Gasteiger partial charge on any atom is 0.135 e. The third-order valence-corrected chi connectivity index (χ3v) is 4.20. The Morgan fingerprint density at radius 3 is 2.89 bits per heavy atom. The van der Waals surface area contributed by atoms with Gasteiger partial charge in [0.2, 0.25) is 0 Å². The van der Waals surface area contributed by atoms with Crippen molar-refractivity contribution < 1.29 is 0 Å². The van der Waals surface area contributed by atoms with Gasteiger partial charge in [0.25, 0.3) is 0 Å². The van der Waals surface area contributed by atoms with Crippen LogP contribution in [0.1, 0.15) is 56.7 Å². The van der Waals surface area contributed by atoms with E-state index >= 15 is 0 Å². The van der Waals surface area contributed by atoms with E-state index in [0.717, 1.165) is 29.2 Å². The van der Waals surface area contributed by atoms with Crippen molar-refractivity contribution in [3.05, 3.63) is 28.1 Å². The first kappa shape index (κ1) is 13.1. The monoisotopic (exact) mass is 321 g/mol. The Hall–Kier alpha value is -0.900. The zero-order valence-electron chi connectivity index (χ0n) is 11.2. The van der Waals surface area contributed by atoms with E-state index in [1.54, 1.807) is 5.57 Å². The molecule has 0 amide bonds. The summed E-state index contributed by atoms with van der Waals surface area (Å²) in [7, 11) is 0. The Bertz CT molecular complexity index is 480. The standard InChI is InChI=1S/C15H20BrN3/c16-13-10-14(19-15(18-13)12-6-7-12)17-9-8-11-4-2-1-3-5-11/h4,10,12H,1-3,5-9H2,(H,17,18,19). The van der Waals surface area contributed by atoms with Gasteiger partial charge >= 0.3 is 0 Å². The molecule has 0 bridgehead atoms. The second-order valence-corrected chi connectivity index (χ2v) is 6.31. The van der Waals surface area contributed by atoms with Crippen LogP contribution in [0.4, 0.5) is 5.82 Å². The van der Waals surface area contributed by atoms with Crippen LogP contribution in [0.15, 0.2) is 22.3 Å². The Morgan fingerprint density at radius 2 is 2.16 bits per heavy atom. The van der Waals surface area contributed by atoms with E-state index in [2.05, 4.69) is 37.3 Å². The molecule has 1 saturated carbocycles. The first-order chi connectivity index (χ1) is 9.31. The number of nitrogens with zero attached hydrogens (tertiary/aromatic N) is 2. The summed E-state index contributed by atoms with van der Waals surface area (Å²) in [5, 5.41) is 3.43. The summed E-state index contributed by atoms with van der Waals surface area (Å²) in [6.07, 6.45) is 11.3. The normalized spacial score (nSPS) is 19.1. The van der Waals surface area contributed by atoms with Gasteiger partial charge in [0.1, 0.15) is 16.2 Å². The molecule has 0 unspecified atom stereocenters. The lowest BCUT2D eigenvalue weighted by molar-refractivity contribution is 0.679. The fourth-order valence-corrected chi connectivity index (χ4v) is 2.93. The minimum Gasteiger partial charge on any atom is -0.370 e. The molecular weight excluding hydrogens is 302 g/mol. The molecule has 2 aliphatic carbocycles. The van der Waals surface area contributed by atoms with E-state index in [4.69, 9.17) is 0 Å². The molecule has 0 aromatic carbocycles. The van der Waals surface area contributed by atoms with E-state index in [1.807, 2.05) is 6.07 Å². The van der Waals surface area contributed by atoms with Gasteiger partial charge in [-0.3, -0.25) is 0 Å². The summed E-state index contributed by atoms with van der Waals surface area (Å²) in [6, 6.07) is 1.97. The van der Waals surface area contributed by atoms with Crippen molar-refractivity contribution in [3.8, 4) is 0 Å². The van der Waals surface area contributed by atoms with E-state index in [1.165, 1.54) is 38.5 Å². The number of allylic oxidation sites excluding steroid dienone is 1. The molecule has 0 aliphatic heterocycles. The summed E-state index contributed by atoms with van der Waals surface area (Å²) in [4.78, 5) is 9.05. The second-order valence-electron chi connectivity index (χ2n) is 5.49. The molecule has 102 valence electrons. The summed E-state index contributed by atoms with van der Waals surface area (Å²) < 4.78 is 0.892. The third kappa shape index (κ3) is 3.78. The van der Waals surface area contributed by atoms with Gasteiger partial charge in [0.15, 0.2) is 0 Å². The van der Waals surface area contributed by atoms with Crippen LogP contribution in [-0.4, -0.2) is 16.5 Å². The number of nitrogens with one attached hydrogen (secondary N) is 1. The molecule has 1 aromatic rings. The van der Waals surface area contributed by atoms with Crippen LogP contribution < -0.4 is 5.32 Å². The van der Waals surface area contributed by atoms with Crippen molar-refractivity contribution in [1.82, 2.24) is 9.97 Å². The molecular formula is C15H20BrN3. The lowest BCUT2D eigenvalue weighted by atomic mass is 9.97. The highest BCUT2D eigenvalue weighted by molar-refractivity contribution is 9.10. The largest absolute Gasteiger partial charge is 0.370 e. The number of aromatic nitrogens is 2. The highest BCUT2D eigenvalue weighted by atomic mass is 79.9. The quantitative estimate of drug-likeness (QED) is 0.644. The predicted octanol–water partition coefficient (Wildman–Crippen LogP) is 4.42. The van der Waals surface area contributed by atoms with Gasteiger partial charge in [0.05, 0.1) is 0 Å². The molecule has 1 fully saturated rings. The minimum absolute atomic E-state index is 0.596. The van der Waals surface area contributed by atoms with Crippen molar-refractivity contribution >= 4 is 21.7 Å². The van der Waals surface area contributed by atoms with Crippen molar-refractivity contribution in [1.29, 1.82) is 0 Å². The summed E-state index contributed by atoms with van der Waals surface area (Å²) in [5.41, 5.74) is 1.61. The molecule has 4 heteroatoms. The fraction of sp³-hybridized carbons (Fsp3) is 0.600. The van der Waals surface area contributed by atoms with Crippen LogP contribution in [-0.2, 0) is 0 Å². The van der Waals surface area contributed by atoms with Crippen molar-refractivity contribution in [2.45, 2.75) is 50.9 Å². The average Bonchev–Trinajstić information content (AvgIpc) is 3.24. The number of rotatable bonds is 5. The van der Waals surface area contributed by atoms with E-state index in [-0.39, 0.29) is 0 Å². The minimum atomic E-state index is 0.596. The summed E-state index contributed by atoms with van der Waals surface area (Å²) >= 11 is 3.48. The highest BCUT2D eigenvalue weighted by Crippen LogP contribution is 2.38. The van der Waals surface area contributed by atoms with Crippen LogP contribution in [0.2, 0.25) is 0 Å². The Kier molecular flexibility index (Phi) is 4.16. The SMILES string of the molecule is Brc1cc(NCCC2=CCCCC2)nc(C2CC2)n1. The Morgan fingerprint density at radius 1 is 1.26 bits per heavy atom. The molecule has 1 N–H and O–H groups in total. The third-order valence-electron chi connectivity index (χ3n) is 3.79. The van der Waals surface area contributed by atoms with Crippen LogP contribution in [0, 0.1) is 0 Å². The molecule has 19 heavy (non-hydrogen) atoms. The molecule has 0 radical (unpaired) electrons. The van der Waals surface area contributed by atoms with Crippen LogP contribution in [0.25, 0.3) is 0 Å². The maximum absolute atomic E-state index is 4.61. The predicted molar refractivity (Wildman–Crippen MR) is 81.4 cm³/mol. The molecule has 2 aliphatic rings. The zero-order chi connectivity index (χ0) is 13.1. The number of hydrogen-bond acceptors (Lipinski definition) is 3. The number of hydrogen-bond donors (Lipinski definition) is 1. The van der Waals surface area contributed by atoms with Gasteiger partial charge in [-0.05, 0) is 60.9 Å². The first-order valence-electron chi connectivity index (χ1n) is 7.27. The van der Waals surface area contributed by atoms with Crippen molar-refractivity contribution in [2.75, 3.05) is 11.9 Å². The van der Waals surface area contributed by atoms with Crippen LogP contribution >= 0.6 is 15.9 Å². The van der Waals surface area contributed by atoms with Gasteiger partial charge in [-0.25, -0.2) is 9.97 Å². The van der Waals surface area contributed by atoms with Gasteiger partial charge in [-0.15, -0.1) is 0 Å².